The van der Waals surface area contributed by atoms with Gasteiger partial charge in [-0.05, 0) is 40.5 Å². The zero-order valence-electron chi connectivity index (χ0n) is 19.6. The Morgan fingerprint density at radius 2 is 1.00 bits per heavy atom. The largest absolute Gasteiger partial charge is 0.478 e. The van der Waals surface area contributed by atoms with Gasteiger partial charge in [0.25, 0.3) is 0 Å². The SMILES string of the molecule is CC(=C/C=C/C(C)=C/C=C/C=C(C)/C=C/C=C(C)/C=C/C(=O)N1CCCC1)/C=C/C(=O)O. The second-order valence-electron chi connectivity index (χ2n) is 7.78. The fraction of sp³-hybridized carbons (Fsp3) is 0.286. The number of allylic oxidation sites excluding steroid dienone is 16. The first-order valence-electron chi connectivity index (χ1n) is 10.9. The van der Waals surface area contributed by atoms with Gasteiger partial charge in [-0.3, -0.25) is 4.79 Å². The molecule has 0 bridgehead atoms. The summed E-state index contributed by atoms with van der Waals surface area (Å²) in [5.74, 6) is -0.853. The molecule has 1 fully saturated rings. The predicted molar refractivity (Wildman–Crippen MR) is 134 cm³/mol. The molecule has 170 valence electrons. The Labute approximate surface area is 192 Å². The van der Waals surface area contributed by atoms with Crippen molar-refractivity contribution < 1.29 is 14.7 Å². The fourth-order valence-corrected chi connectivity index (χ4v) is 2.79. The van der Waals surface area contributed by atoms with Crippen molar-refractivity contribution in [2.24, 2.45) is 0 Å². The second kappa shape index (κ2) is 15.4. The Bertz CT molecular complexity index is 912. The molecule has 1 amide bonds. The normalized spacial score (nSPS) is 17.3. The lowest BCUT2D eigenvalue weighted by Gasteiger charge is -2.11. The minimum atomic E-state index is -0.950. The third-order valence-electron chi connectivity index (χ3n) is 4.66. The van der Waals surface area contributed by atoms with E-state index in [0.717, 1.165) is 54.3 Å². The lowest BCUT2D eigenvalue weighted by Crippen LogP contribution is -2.25. The van der Waals surface area contributed by atoms with Crippen molar-refractivity contribution in [2.45, 2.75) is 40.5 Å². The third kappa shape index (κ3) is 13.0. The Morgan fingerprint density at radius 1 is 0.594 bits per heavy atom. The summed E-state index contributed by atoms with van der Waals surface area (Å²) in [6, 6.07) is 0. The highest BCUT2D eigenvalue weighted by Gasteiger charge is 2.14. The fourth-order valence-electron chi connectivity index (χ4n) is 2.79. The summed E-state index contributed by atoms with van der Waals surface area (Å²) < 4.78 is 0. The molecule has 0 unspecified atom stereocenters. The third-order valence-corrected chi connectivity index (χ3v) is 4.66. The van der Waals surface area contributed by atoms with E-state index in [2.05, 4.69) is 0 Å². The van der Waals surface area contributed by atoms with E-state index in [9.17, 15) is 9.59 Å². The molecular weight excluding hydrogens is 398 g/mol. The van der Waals surface area contributed by atoms with E-state index in [1.807, 2.05) is 99.4 Å². The molecule has 32 heavy (non-hydrogen) atoms. The molecule has 0 aromatic rings. The van der Waals surface area contributed by atoms with Gasteiger partial charge < -0.3 is 10.0 Å². The predicted octanol–water partition coefficient (Wildman–Crippen LogP) is 6.26. The number of rotatable bonds is 10. The van der Waals surface area contributed by atoms with Crippen molar-refractivity contribution in [2.75, 3.05) is 13.1 Å². The molecule has 4 nitrogen and oxygen atoms in total. The summed E-state index contributed by atoms with van der Waals surface area (Å²) >= 11 is 0. The van der Waals surface area contributed by atoms with Crippen LogP contribution in [0.25, 0.3) is 0 Å². The Kier molecular flexibility index (Phi) is 12.8. The average molecular weight is 434 g/mol. The van der Waals surface area contributed by atoms with E-state index in [0.29, 0.717) is 0 Å². The number of nitrogens with zero attached hydrogens (tertiary/aromatic N) is 1. The second-order valence-corrected chi connectivity index (χ2v) is 7.78. The molecule has 1 N–H and O–H groups in total. The number of carbonyl (C=O) groups excluding carboxylic acids is 1. The number of carboxylic acids is 1. The van der Waals surface area contributed by atoms with Crippen LogP contribution in [0.3, 0.4) is 0 Å². The number of carboxylic acid groups (broad SMARTS) is 1. The molecule has 0 atom stereocenters. The lowest BCUT2D eigenvalue weighted by molar-refractivity contribution is -0.131. The van der Waals surface area contributed by atoms with Gasteiger partial charge in [-0.15, -0.1) is 0 Å². The summed E-state index contributed by atoms with van der Waals surface area (Å²) in [5, 5.41) is 8.61. The quantitative estimate of drug-likeness (QED) is 0.327. The average Bonchev–Trinajstić information content (AvgIpc) is 3.28. The maximum Gasteiger partial charge on any atom is 0.328 e. The summed E-state index contributed by atoms with van der Waals surface area (Å²) in [6.07, 6.45) is 28.1. The number of hydrogen-bond acceptors (Lipinski definition) is 2. The van der Waals surface area contributed by atoms with Gasteiger partial charge in [-0.1, -0.05) is 95.2 Å². The molecule has 4 heteroatoms. The van der Waals surface area contributed by atoms with Gasteiger partial charge in [0.1, 0.15) is 0 Å². The molecule has 1 aliphatic rings. The molecule has 0 saturated carbocycles. The smallest absolute Gasteiger partial charge is 0.328 e. The number of hydrogen-bond donors (Lipinski definition) is 1. The maximum absolute atomic E-state index is 12.0. The van der Waals surface area contributed by atoms with Crippen LogP contribution in [0, 0.1) is 0 Å². The van der Waals surface area contributed by atoms with E-state index in [-0.39, 0.29) is 5.91 Å². The number of aliphatic carboxylic acids is 1. The van der Waals surface area contributed by atoms with Gasteiger partial charge in [0.2, 0.25) is 5.91 Å². The van der Waals surface area contributed by atoms with E-state index in [4.69, 9.17) is 5.11 Å². The topological polar surface area (TPSA) is 57.6 Å². The van der Waals surface area contributed by atoms with E-state index in [1.54, 1.807) is 12.2 Å². The van der Waals surface area contributed by atoms with Crippen LogP contribution in [-0.4, -0.2) is 35.0 Å². The Morgan fingerprint density at radius 3 is 1.47 bits per heavy atom. The van der Waals surface area contributed by atoms with Crippen LogP contribution in [-0.2, 0) is 9.59 Å². The van der Waals surface area contributed by atoms with Crippen LogP contribution in [0.15, 0.2) is 107 Å². The number of likely N-dealkylation sites (tertiary alicyclic amines) is 1. The minimum absolute atomic E-state index is 0.0971. The molecule has 1 rings (SSSR count). The van der Waals surface area contributed by atoms with Gasteiger partial charge in [0.05, 0.1) is 0 Å². The highest BCUT2D eigenvalue weighted by Crippen LogP contribution is 2.08. The zero-order chi connectivity index (χ0) is 23.8. The van der Waals surface area contributed by atoms with Crippen molar-refractivity contribution in [1.82, 2.24) is 4.90 Å². The van der Waals surface area contributed by atoms with Crippen molar-refractivity contribution >= 4 is 11.9 Å². The summed E-state index contributed by atoms with van der Waals surface area (Å²) in [4.78, 5) is 24.4. The van der Waals surface area contributed by atoms with E-state index in [1.165, 1.54) is 0 Å². The van der Waals surface area contributed by atoms with Gasteiger partial charge >= 0.3 is 5.97 Å². The summed E-state index contributed by atoms with van der Waals surface area (Å²) in [7, 11) is 0. The molecule has 1 aliphatic heterocycles. The van der Waals surface area contributed by atoms with E-state index >= 15 is 0 Å². The monoisotopic (exact) mass is 433 g/mol. The zero-order valence-corrected chi connectivity index (χ0v) is 19.6. The maximum atomic E-state index is 12.0. The number of amides is 1. The first kappa shape index (κ1) is 26.6. The molecule has 0 aromatic heterocycles. The first-order chi connectivity index (χ1) is 15.3. The lowest BCUT2D eigenvalue weighted by atomic mass is 10.2. The number of carbonyl (C=O) groups is 2. The Balaban J connectivity index is 2.50. The minimum Gasteiger partial charge on any atom is -0.478 e. The molecule has 1 heterocycles. The molecule has 0 aromatic carbocycles. The molecular formula is C28H35NO3. The Hall–Kier alpha value is -3.40. The van der Waals surface area contributed by atoms with Crippen molar-refractivity contribution in [3.05, 3.63) is 107 Å². The first-order valence-corrected chi connectivity index (χ1v) is 10.9. The van der Waals surface area contributed by atoms with Crippen molar-refractivity contribution in [3.63, 3.8) is 0 Å². The molecule has 0 spiro atoms. The standard InChI is InChI=1S/C28H35NO3/c1-23(13-9-15-25(3)17-19-27(30)29-21-7-8-22-29)11-5-6-12-24(2)14-10-16-26(4)18-20-28(31)32/h5-6,9-20H,7-8,21-22H2,1-4H3,(H,31,32)/b6-5+,13-9+,14-10+,19-17+,20-18+,23-11+,24-12+,25-15+,26-16-. The van der Waals surface area contributed by atoms with Gasteiger partial charge in [0, 0.05) is 25.2 Å². The molecule has 1 saturated heterocycles. The summed E-state index contributed by atoms with van der Waals surface area (Å²) in [6.45, 7) is 9.62. The molecule has 0 aliphatic carbocycles. The highest BCUT2D eigenvalue weighted by atomic mass is 16.4. The highest BCUT2D eigenvalue weighted by molar-refractivity contribution is 5.88. The van der Waals surface area contributed by atoms with Gasteiger partial charge in [-0.2, -0.15) is 0 Å². The van der Waals surface area contributed by atoms with Crippen LogP contribution in [0.1, 0.15) is 40.5 Å². The van der Waals surface area contributed by atoms with Crippen molar-refractivity contribution in [1.29, 1.82) is 0 Å². The van der Waals surface area contributed by atoms with E-state index < -0.39 is 5.97 Å². The molecule has 0 radical (unpaired) electrons. The van der Waals surface area contributed by atoms with Crippen LogP contribution in [0.4, 0.5) is 0 Å². The summed E-state index contributed by atoms with van der Waals surface area (Å²) in [5.41, 5.74) is 4.11. The van der Waals surface area contributed by atoms with Crippen LogP contribution in [0.2, 0.25) is 0 Å². The van der Waals surface area contributed by atoms with Gasteiger partial charge in [-0.25, -0.2) is 4.79 Å². The van der Waals surface area contributed by atoms with Crippen LogP contribution >= 0.6 is 0 Å². The van der Waals surface area contributed by atoms with Crippen molar-refractivity contribution in [3.8, 4) is 0 Å². The van der Waals surface area contributed by atoms with Crippen LogP contribution < -0.4 is 0 Å². The van der Waals surface area contributed by atoms with Gasteiger partial charge in [0.15, 0.2) is 0 Å². The van der Waals surface area contributed by atoms with Crippen LogP contribution in [0.5, 0.6) is 0 Å².